The van der Waals surface area contributed by atoms with E-state index in [0.717, 1.165) is 6.07 Å². The van der Waals surface area contributed by atoms with E-state index in [1.165, 1.54) is 12.1 Å². The molecule has 0 unspecified atom stereocenters. The van der Waals surface area contributed by atoms with Gasteiger partial charge in [-0.2, -0.15) is 0 Å². The molecule has 1 aromatic rings. The van der Waals surface area contributed by atoms with E-state index in [1.807, 2.05) is 5.32 Å². The van der Waals surface area contributed by atoms with Crippen LogP contribution in [0.25, 0.3) is 0 Å². The van der Waals surface area contributed by atoms with Gasteiger partial charge in [0, 0.05) is 11.8 Å². The summed E-state index contributed by atoms with van der Waals surface area (Å²) in [7, 11) is 0. The minimum atomic E-state index is -3.69. The zero-order valence-corrected chi connectivity index (χ0v) is 7.16. The van der Waals surface area contributed by atoms with Crippen molar-refractivity contribution in [3.05, 3.63) is 18.2 Å². The first-order valence-corrected chi connectivity index (χ1v) is 3.86. The maximum atomic E-state index is 12.5. The Hall–Kier alpha value is -2.05. The summed E-state index contributed by atoms with van der Waals surface area (Å²) in [4.78, 5) is 10.3. The van der Waals surface area contributed by atoms with Crippen LogP contribution in [0.1, 0.15) is 0 Å². The minimum Gasteiger partial charge on any atom is -0.465 e. The largest absolute Gasteiger partial charge is 0.586 e. The third-order valence-corrected chi connectivity index (χ3v) is 1.65. The summed E-state index contributed by atoms with van der Waals surface area (Å²) in [6.45, 7) is 0. The van der Waals surface area contributed by atoms with E-state index in [1.54, 1.807) is 0 Å². The van der Waals surface area contributed by atoms with Crippen molar-refractivity contribution in [1.29, 1.82) is 0 Å². The van der Waals surface area contributed by atoms with Crippen LogP contribution in [0.15, 0.2) is 18.2 Å². The van der Waals surface area contributed by atoms with Gasteiger partial charge in [0.2, 0.25) is 0 Å². The molecular formula is C8H5F2NO4. The number of hydrogen-bond donors (Lipinski definition) is 2. The van der Waals surface area contributed by atoms with Crippen LogP contribution in [-0.2, 0) is 0 Å². The molecule has 0 saturated heterocycles. The molecule has 1 amide bonds. The number of ether oxygens (including phenoxy) is 2. The van der Waals surface area contributed by atoms with Crippen molar-refractivity contribution in [2.75, 3.05) is 5.32 Å². The SMILES string of the molecule is O=C(O)Nc1ccc2c(c1)OC(F)(F)O2. The van der Waals surface area contributed by atoms with E-state index in [2.05, 4.69) is 9.47 Å². The summed E-state index contributed by atoms with van der Waals surface area (Å²) in [5, 5.41) is 10.4. The number of amides is 1. The number of halogens is 2. The molecule has 2 N–H and O–H groups in total. The van der Waals surface area contributed by atoms with E-state index >= 15 is 0 Å². The van der Waals surface area contributed by atoms with E-state index in [4.69, 9.17) is 5.11 Å². The van der Waals surface area contributed by atoms with E-state index < -0.39 is 12.4 Å². The summed E-state index contributed by atoms with van der Waals surface area (Å²) >= 11 is 0. The van der Waals surface area contributed by atoms with Gasteiger partial charge in [-0.1, -0.05) is 0 Å². The lowest BCUT2D eigenvalue weighted by Gasteiger charge is -2.04. The number of benzene rings is 1. The molecule has 1 aliphatic heterocycles. The van der Waals surface area contributed by atoms with Crippen molar-refractivity contribution >= 4 is 11.8 Å². The molecule has 15 heavy (non-hydrogen) atoms. The average molecular weight is 217 g/mol. The van der Waals surface area contributed by atoms with Crippen LogP contribution in [0.3, 0.4) is 0 Å². The maximum Gasteiger partial charge on any atom is 0.586 e. The van der Waals surface area contributed by atoms with Gasteiger partial charge in [-0.05, 0) is 12.1 Å². The number of fused-ring (bicyclic) bond motifs is 1. The molecule has 0 saturated carbocycles. The lowest BCUT2D eigenvalue weighted by Crippen LogP contribution is -2.25. The van der Waals surface area contributed by atoms with Crippen LogP contribution in [-0.4, -0.2) is 17.5 Å². The molecule has 1 heterocycles. The van der Waals surface area contributed by atoms with Crippen LogP contribution in [0.2, 0.25) is 0 Å². The molecule has 1 aliphatic rings. The Labute approximate surface area is 82.2 Å². The molecular weight excluding hydrogens is 212 g/mol. The third-order valence-electron chi connectivity index (χ3n) is 1.65. The first-order valence-electron chi connectivity index (χ1n) is 3.86. The van der Waals surface area contributed by atoms with Gasteiger partial charge in [-0.3, -0.25) is 5.32 Å². The van der Waals surface area contributed by atoms with E-state index in [-0.39, 0.29) is 17.2 Å². The van der Waals surface area contributed by atoms with Gasteiger partial charge in [0.25, 0.3) is 0 Å². The Morgan fingerprint density at radius 1 is 1.33 bits per heavy atom. The van der Waals surface area contributed by atoms with Crippen molar-refractivity contribution in [2.24, 2.45) is 0 Å². The second-order valence-corrected chi connectivity index (χ2v) is 2.76. The number of nitrogens with one attached hydrogen (secondary N) is 1. The van der Waals surface area contributed by atoms with Gasteiger partial charge in [0.1, 0.15) is 0 Å². The molecule has 0 spiro atoms. The normalized spacial score (nSPS) is 16.1. The van der Waals surface area contributed by atoms with Gasteiger partial charge >= 0.3 is 12.4 Å². The molecule has 1 aromatic carbocycles. The summed E-state index contributed by atoms with van der Waals surface area (Å²) in [6, 6.07) is 3.60. The number of anilines is 1. The van der Waals surface area contributed by atoms with Crippen molar-refractivity contribution in [3.8, 4) is 11.5 Å². The van der Waals surface area contributed by atoms with Gasteiger partial charge in [0.05, 0.1) is 0 Å². The van der Waals surface area contributed by atoms with Crippen molar-refractivity contribution in [2.45, 2.75) is 6.29 Å². The fraction of sp³-hybridized carbons (Fsp3) is 0.125. The van der Waals surface area contributed by atoms with Crippen LogP contribution in [0, 0.1) is 0 Å². The van der Waals surface area contributed by atoms with Crippen LogP contribution in [0.5, 0.6) is 11.5 Å². The Kier molecular flexibility index (Phi) is 1.88. The van der Waals surface area contributed by atoms with Crippen LogP contribution >= 0.6 is 0 Å². The van der Waals surface area contributed by atoms with Crippen LogP contribution in [0.4, 0.5) is 19.3 Å². The van der Waals surface area contributed by atoms with E-state index in [0.29, 0.717) is 0 Å². The average Bonchev–Trinajstić information content (AvgIpc) is 2.36. The lowest BCUT2D eigenvalue weighted by atomic mass is 10.3. The van der Waals surface area contributed by atoms with E-state index in [9.17, 15) is 13.6 Å². The zero-order chi connectivity index (χ0) is 11.1. The molecule has 5 nitrogen and oxygen atoms in total. The van der Waals surface area contributed by atoms with Crippen molar-refractivity contribution in [3.63, 3.8) is 0 Å². The Bertz CT molecular complexity index is 421. The highest BCUT2D eigenvalue weighted by Crippen LogP contribution is 2.42. The van der Waals surface area contributed by atoms with Crippen molar-refractivity contribution < 1.29 is 28.2 Å². The topological polar surface area (TPSA) is 67.8 Å². The quantitative estimate of drug-likeness (QED) is 0.755. The molecule has 0 bridgehead atoms. The molecule has 0 aliphatic carbocycles. The molecule has 0 radical (unpaired) electrons. The zero-order valence-electron chi connectivity index (χ0n) is 7.16. The van der Waals surface area contributed by atoms with Crippen LogP contribution < -0.4 is 14.8 Å². The minimum absolute atomic E-state index is 0.127. The monoisotopic (exact) mass is 217 g/mol. The highest BCUT2D eigenvalue weighted by Gasteiger charge is 2.43. The standard InChI is InChI=1S/C8H5F2NO4/c9-8(10)14-5-2-1-4(11-7(12)13)3-6(5)15-8/h1-3,11H,(H,12,13). The number of rotatable bonds is 1. The number of carbonyl (C=O) groups is 1. The highest BCUT2D eigenvalue weighted by atomic mass is 19.3. The summed E-state index contributed by atoms with van der Waals surface area (Å²) in [6.07, 6.45) is -4.98. The number of carboxylic acid groups (broad SMARTS) is 1. The first kappa shape index (κ1) is 9.50. The fourth-order valence-electron chi connectivity index (χ4n) is 1.15. The Morgan fingerprint density at radius 2 is 2.00 bits per heavy atom. The van der Waals surface area contributed by atoms with Gasteiger partial charge in [0.15, 0.2) is 11.5 Å². The predicted octanol–water partition coefficient (Wildman–Crippen LogP) is 2.10. The molecule has 2 rings (SSSR count). The fourth-order valence-corrected chi connectivity index (χ4v) is 1.15. The van der Waals surface area contributed by atoms with Crippen molar-refractivity contribution in [1.82, 2.24) is 0 Å². The summed E-state index contributed by atoms with van der Waals surface area (Å²) < 4.78 is 33.4. The van der Waals surface area contributed by atoms with Gasteiger partial charge in [-0.15, -0.1) is 8.78 Å². The summed E-state index contributed by atoms with van der Waals surface area (Å²) in [5.41, 5.74) is 0.127. The van der Waals surface area contributed by atoms with Gasteiger partial charge in [-0.25, -0.2) is 4.79 Å². The predicted molar refractivity (Wildman–Crippen MR) is 44.3 cm³/mol. The highest BCUT2D eigenvalue weighted by molar-refractivity contribution is 5.83. The third kappa shape index (κ3) is 1.90. The Balaban J connectivity index is 2.26. The number of hydrogen-bond acceptors (Lipinski definition) is 3. The molecule has 7 heteroatoms. The number of alkyl halides is 2. The maximum absolute atomic E-state index is 12.5. The Morgan fingerprint density at radius 3 is 2.67 bits per heavy atom. The van der Waals surface area contributed by atoms with Gasteiger partial charge < -0.3 is 14.6 Å². The molecule has 80 valence electrons. The molecule has 0 atom stereocenters. The second-order valence-electron chi connectivity index (χ2n) is 2.76. The molecule has 0 fully saturated rings. The molecule has 0 aromatic heterocycles. The summed E-state index contributed by atoms with van der Waals surface area (Å²) in [5.74, 6) is -0.331. The second kappa shape index (κ2) is 2.97. The lowest BCUT2D eigenvalue weighted by molar-refractivity contribution is -0.286. The first-order chi connectivity index (χ1) is 6.96. The smallest absolute Gasteiger partial charge is 0.465 e.